The topological polar surface area (TPSA) is 26.0 Å². The average molecular weight is 210 g/mol. The van der Waals surface area contributed by atoms with E-state index in [0.29, 0.717) is 10.0 Å². The Morgan fingerprint density at radius 3 is 2.09 bits per heavy atom. The van der Waals surface area contributed by atoms with Gasteiger partial charge < -0.3 is 5.73 Å². The van der Waals surface area contributed by atoms with Crippen LogP contribution < -0.4 is 5.73 Å². The van der Waals surface area contributed by atoms with E-state index in [1.807, 2.05) is 0 Å². The van der Waals surface area contributed by atoms with Crippen LogP contribution in [0.5, 0.6) is 0 Å². The minimum absolute atomic E-state index is 0.546. The van der Waals surface area contributed by atoms with Crippen molar-refractivity contribution in [2.75, 3.05) is 7.05 Å². The van der Waals surface area contributed by atoms with Crippen molar-refractivity contribution in [1.29, 1.82) is 0 Å². The molecule has 62 valence electrons. The molecule has 0 radical (unpaired) electrons. The van der Waals surface area contributed by atoms with Crippen molar-refractivity contribution in [2.45, 2.75) is 4.90 Å². The van der Waals surface area contributed by atoms with Crippen molar-refractivity contribution in [3.63, 3.8) is 0 Å². The van der Waals surface area contributed by atoms with Crippen LogP contribution >= 0.6 is 35.8 Å². The smallest absolute Gasteiger partial charge is 0.0603 e. The second-order valence-electron chi connectivity index (χ2n) is 1.60. The second kappa shape index (κ2) is 5.72. The number of hydrogen-bond donors (Lipinski definition) is 2. The van der Waals surface area contributed by atoms with Gasteiger partial charge in [0.05, 0.1) is 10.0 Å². The predicted octanol–water partition coefficient (Wildman–Crippen LogP) is 2.86. The van der Waals surface area contributed by atoms with Gasteiger partial charge in [0.15, 0.2) is 0 Å². The number of hydrogen-bond acceptors (Lipinski definition) is 2. The Morgan fingerprint density at radius 2 is 1.73 bits per heavy atom. The van der Waals surface area contributed by atoms with Crippen LogP contribution in [0.15, 0.2) is 23.1 Å². The maximum atomic E-state index is 5.63. The fourth-order valence-electron chi connectivity index (χ4n) is 0.485. The molecule has 0 saturated carbocycles. The molecule has 0 aliphatic rings. The lowest BCUT2D eigenvalue weighted by atomic mass is 10.4. The largest absolute Gasteiger partial charge is 0.333 e. The van der Waals surface area contributed by atoms with Gasteiger partial charge in [-0.1, -0.05) is 23.2 Å². The first-order valence-electron chi connectivity index (χ1n) is 2.92. The van der Waals surface area contributed by atoms with E-state index < -0.39 is 0 Å². The molecule has 0 unspecified atom stereocenters. The Kier molecular flexibility index (Phi) is 5.78. The Balaban J connectivity index is 0.000000461. The Bertz CT molecular complexity index is 228. The van der Waals surface area contributed by atoms with Crippen molar-refractivity contribution in [3.05, 3.63) is 28.2 Å². The molecule has 4 heteroatoms. The predicted molar refractivity (Wildman–Crippen MR) is 53.8 cm³/mol. The molecular formula is C7H9Cl2NS. The van der Waals surface area contributed by atoms with Gasteiger partial charge in [-0.3, -0.25) is 0 Å². The number of halogens is 2. The highest BCUT2D eigenvalue weighted by Crippen LogP contribution is 2.23. The summed E-state index contributed by atoms with van der Waals surface area (Å²) in [5.41, 5.74) is 4.50. The summed E-state index contributed by atoms with van der Waals surface area (Å²) >= 11 is 15.3. The molecule has 0 amide bonds. The third kappa shape index (κ3) is 3.87. The first-order chi connectivity index (χ1) is 5.20. The van der Waals surface area contributed by atoms with Crippen LogP contribution in [0.25, 0.3) is 0 Å². The van der Waals surface area contributed by atoms with Gasteiger partial charge in [-0.05, 0) is 25.2 Å². The Labute approximate surface area is 81.9 Å². The lowest BCUT2D eigenvalue weighted by Gasteiger charge is -1.93. The van der Waals surface area contributed by atoms with Crippen LogP contribution in [0.3, 0.4) is 0 Å². The van der Waals surface area contributed by atoms with Crippen LogP contribution in [-0.4, -0.2) is 7.05 Å². The molecule has 0 aliphatic heterocycles. The van der Waals surface area contributed by atoms with Crippen molar-refractivity contribution >= 4 is 35.8 Å². The summed E-state index contributed by atoms with van der Waals surface area (Å²) < 4.78 is 0. The zero-order chi connectivity index (χ0) is 8.85. The summed E-state index contributed by atoms with van der Waals surface area (Å²) in [6, 6.07) is 5.20. The maximum Gasteiger partial charge on any atom is 0.0603 e. The summed E-state index contributed by atoms with van der Waals surface area (Å²) in [5.74, 6) is 0. The molecule has 1 aromatic rings. The molecule has 0 atom stereocenters. The van der Waals surface area contributed by atoms with Gasteiger partial charge in [0.2, 0.25) is 0 Å². The molecule has 0 fully saturated rings. The normalized spacial score (nSPS) is 8.45. The van der Waals surface area contributed by atoms with Gasteiger partial charge in [-0.15, -0.1) is 12.6 Å². The molecule has 0 aliphatic carbocycles. The molecule has 2 N–H and O–H groups in total. The molecule has 0 aromatic heterocycles. The zero-order valence-electron chi connectivity index (χ0n) is 6.01. The van der Waals surface area contributed by atoms with E-state index in [4.69, 9.17) is 23.2 Å². The molecular weight excluding hydrogens is 201 g/mol. The van der Waals surface area contributed by atoms with E-state index in [1.54, 1.807) is 18.2 Å². The van der Waals surface area contributed by atoms with E-state index in [0.717, 1.165) is 4.90 Å². The Morgan fingerprint density at radius 1 is 1.18 bits per heavy atom. The van der Waals surface area contributed by atoms with Crippen LogP contribution in [0.4, 0.5) is 0 Å². The van der Waals surface area contributed by atoms with Crippen molar-refractivity contribution in [2.24, 2.45) is 5.73 Å². The van der Waals surface area contributed by atoms with Gasteiger partial charge in [-0.2, -0.15) is 0 Å². The summed E-state index contributed by atoms with van der Waals surface area (Å²) in [6.45, 7) is 0. The van der Waals surface area contributed by atoms with Crippen LogP contribution in [0, 0.1) is 0 Å². The first kappa shape index (κ1) is 11.1. The van der Waals surface area contributed by atoms with Gasteiger partial charge >= 0.3 is 0 Å². The fraction of sp³-hybridized carbons (Fsp3) is 0.143. The molecule has 1 aromatic carbocycles. The summed E-state index contributed by atoms with van der Waals surface area (Å²) in [7, 11) is 1.50. The highest BCUT2D eigenvalue weighted by atomic mass is 35.5. The average Bonchev–Trinajstić information content (AvgIpc) is 2.02. The van der Waals surface area contributed by atoms with E-state index >= 15 is 0 Å². The van der Waals surface area contributed by atoms with Gasteiger partial charge in [-0.25, -0.2) is 0 Å². The number of nitrogens with two attached hydrogens (primary N) is 1. The van der Waals surface area contributed by atoms with Crippen LogP contribution in [-0.2, 0) is 0 Å². The SMILES string of the molecule is CN.Sc1ccc(Cl)c(Cl)c1. The third-order valence-electron chi connectivity index (χ3n) is 0.903. The fourth-order valence-corrected chi connectivity index (χ4v) is 1.06. The molecule has 0 saturated heterocycles. The van der Waals surface area contributed by atoms with E-state index in [9.17, 15) is 0 Å². The minimum Gasteiger partial charge on any atom is -0.333 e. The quantitative estimate of drug-likeness (QED) is 0.632. The molecule has 0 spiro atoms. The van der Waals surface area contributed by atoms with E-state index in [1.165, 1.54) is 7.05 Å². The molecule has 1 nitrogen and oxygen atoms in total. The lowest BCUT2D eigenvalue weighted by molar-refractivity contribution is 1.48. The second-order valence-corrected chi connectivity index (χ2v) is 2.93. The van der Waals surface area contributed by atoms with Gasteiger partial charge in [0.25, 0.3) is 0 Å². The van der Waals surface area contributed by atoms with Gasteiger partial charge in [0, 0.05) is 4.90 Å². The third-order valence-corrected chi connectivity index (χ3v) is 1.92. The van der Waals surface area contributed by atoms with E-state index in [2.05, 4.69) is 18.4 Å². The van der Waals surface area contributed by atoms with Crippen molar-refractivity contribution in [1.82, 2.24) is 0 Å². The van der Waals surface area contributed by atoms with Crippen molar-refractivity contribution < 1.29 is 0 Å². The highest BCUT2D eigenvalue weighted by Gasteiger charge is 1.94. The number of rotatable bonds is 0. The van der Waals surface area contributed by atoms with Crippen LogP contribution in [0.2, 0.25) is 10.0 Å². The van der Waals surface area contributed by atoms with Crippen molar-refractivity contribution in [3.8, 4) is 0 Å². The Hall–Kier alpha value is 0.110. The minimum atomic E-state index is 0.546. The van der Waals surface area contributed by atoms with Gasteiger partial charge in [0.1, 0.15) is 0 Å². The lowest BCUT2D eigenvalue weighted by Crippen LogP contribution is -1.69. The monoisotopic (exact) mass is 209 g/mol. The first-order valence-corrected chi connectivity index (χ1v) is 4.12. The highest BCUT2D eigenvalue weighted by molar-refractivity contribution is 7.80. The number of benzene rings is 1. The molecule has 11 heavy (non-hydrogen) atoms. The zero-order valence-corrected chi connectivity index (χ0v) is 8.42. The van der Waals surface area contributed by atoms with E-state index in [-0.39, 0.29) is 0 Å². The maximum absolute atomic E-state index is 5.63. The summed E-state index contributed by atoms with van der Waals surface area (Å²) in [4.78, 5) is 0.824. The molecule has 0 bridgehead atoms. The van der Waals surface area contributed by atoms with Crippen LogP contribution in [0.1, 0.15) is 0 Å². The summed E-state index contributed by atoms with van der Waals surface area (Å²) in [6.07, 6.45) is 0. The molecule has 1 rings (SSSR count). The standard InChI is InChI=1S/C6H4Cl2S.CH5N/c7-5-2-1-4(9)3-6(5)8;1-2/h1-3,9H;2H2,1H3. The number of thiol groups is 1. The summed E-state index contributed by atoms with van der Waals surface area (Å²) in [5, 5.41) is 1.11. The molecule has 0 heterocycles.